The molecule has 0 radical (unpaired) electrons. The van der Waals surface area contributed by atoms with Crippen LogP contribution in [0.4, 0.5) is 4.79 Å². The Morgan fingerprint density at radius 1 is 1.28 bits per heavy atom. The molecule has 1 aromatic rings. The molecule has 7 heteroatoms. The van der Waals surface area contributed by atoms with Crippen molar-refractivity contribution in [3.05, 3.63) is 48.0 Å². The van der Waals surface area contributed by atoms with Crippen molar-refractivity contribution in [3.8, 4) is 0 Å². The summed E-state index contributed by atoms with van der Waals surface area (Å²) in [6, 6.07) is 9.25. The van der Waals surface area contributed by atoms with Crippen LogP contribution in [0.15, 0.2) is 42.5 Å². The van der Waals surface area contributed by atoms with Crippen LogP contribution < -0.4 is 0 Å². The normalized spacial score (nSPS) is 28.4. The molecule has 0 spiro atoms. The summed E-state index contributed by atoms with van der Waals surface area (Å²) in [6.07, 6.45) is 2.77. The van der Waals surface area contributed by atoms with Gasteiger partial charge in [0, 0.05) is 6.42 Å². The smallest absolute Gasteiger partial charge is 0.409 e. The van der Waals surface area contributed by atoms with Crippen molar-refractivity contribution in [2.24, 2.45) is 11.8 Å². The molecule has 2 aliphatic rings. The van der Waals surface area contributed by atoms with E-state index < -0.39 is 35.9 Å². The summed E-state index contributed by atoms with van der Waals surface area (Å²) in [5.41, 5.74) is 0.0131. The maximum Gasteiger partial charge on any atom is 0.409 e. The number of hydrogen-bond donors (Lipinski definition) is 1. The lowest BCUT2D eigenvalue weighted by Crippen LogP contribution is -2.48. The molecule has 1 heterocycles. The van der Waals surface area contributed by atoms with Crippen LogP contribution in [0.1, 0.15) is 32.3 Å². The predicted molar refractivity (Wildman–Crippen MR) is 105 cm³/mol. The van der Waals surface area contributed by atoms with Crippen molar-refractivity contribution in [2.45, 2.75) is 51.0 Å². The molecule has 1 fully saturated rings. The fraction of sp³-hybridized carbons (Fsp3) is 0.500. The van der Waals surface area contributed by atoms with Gasteiger partial charge in [0.2, 0.25) is 0 Å². The molecule has 1 aliphatic heterocycles. The summed E-state index contributed by atoms with van der Waals surface area (Å²) < 4.78 is 11.1. The van der Waals surface area contributed by atoms with E-state index in [-0.39, 0.29) is 18.1 Å². The van der Waals surface area contributed by atoms with Gasteiger partial charge in [-0.15, -0.1) is 0 Å². The highest BCUT2D eigenvalue weighted by atomic mass is 16.6. The molecule has 7 nitrogen and oxygen atoms in total. The second-order valence-corrected chi connectivity index (χ2v) is 8.07. The first-order chi connectivity index (χ1) is 13.7. The van der Waals surface area contributed by atoms with Gasteiger partial charge in [0.05, 0.1) is 25.2 Å². The second kappa shape index (κ2) is 8.37. The van der Waals surface area contributed by atoms with E-state index in [2.05, 4.69) is 0 Å². The zero-order valence-electron chi connectivity index (χ0n) is 16.9. The minimum Gasteiger partial charge on any atom is -0.469 e. The molecule has 1 saturated heterocycles. The molecule has 1 aliphatic carbocycles. The predicted octanol–water partition coefficient (Wildman–Crippen LogP) is 3.04. The Morgan fingerprint density at radius 3 is 2.59 bits per heavy atom. The standard InChI is InChI=1S/C22H27NO6/c1-22(2)23(21(26)27)18(11-14-7-5-4-6-8-14)19(29-22)12-15-9-10-16(24)13-17(15)20(25)28-3/h4-10,15,17-19H,11-13H2,1-3H3,(H,26,27). The summed E-state index contributed by atoms with van der Waals surface area (Å²) in [4.78, 5) is 37.4. The van der Waals surface area contributed by atoms with Crippen LogP contribution in [0.25, 0.3) is 0 Å². The molecule has 3 rings (SSSR count). The van der Waals surface area contributed by atoms with Gasteiger partial charge in [0.25, 0.3) is 0 Å². The van der Waals surface area contributed by atoms with E-state index in [0.29, 0.717) is 12.8 Å². The van der Waals surface area contributed by atoms with Crippen molar-refractivity contribution < 1.29 is 29.0 Å². The van der Waals surface area contributed by atoms with E-state index in [4.69, 9.17) is 9.47 Å². The van der Waals surface area contributed by atoms with Crippen LogP contribution in [0, 0.1) is 11.8 Å². The molecule has 156 valence electrons. The highest BCUT2D eigenvalue weighted by molar-refractivity contribution is 5.94. The summed E-state index contributed by atoms with van der Waals surface area (Å²) >= 11 is 0. The fourth-order valence-electron chi connectivity index (χ4n) is 4.45. The number of carbonyl (C=O) groups excluding carboxylic acids is 2. The molecule has 0 bridgehead atoms. The number of carboxylic acid groups (broad SMARTS) is 1. The van der Waals surface area contributed by atoms with Gasteiger partial charge in [0.1, 0.15) is 5.72 Å². The number of rotatable bonds is 5. The molecule has 0 saturated carbocycles. The summed E-state index contributed by atoms with van der Waals surface area (Å²) in [5.74, 6) is -1.38. The molecule has 1 aromatic carbocycles. The average Bonchev–Trinajstić information content (AvgIpc) is 2.92. The van der Waals surface area contributed by atoms with Gasteiger partial charge >= 0.3 is 12.1 Å². The van der Waals surface area contributed by atoms with E-state index in [1.165, 1.54) is 18.1 Å². The lowest BCUT2D eigenvalue weighted by molar-refractivity contribution is -0.149. The van der Waals surface area contributed by atoms with E-state index in [0.717, 1.165) is 5.56 Å². The van der Waals surface area contributed by atoms with Crippen molar-refractivity contribution in [1.82, 2.24) is 4.90 Å². The van der Waals surface area contributed by atoms with Crippen LogP contribution in [-0.4, -0.2) is 52.8 Å². The number of amides is 1. The van der Waals surface area contributed by atoms with E-state index >= 15 is 0 Å². The van der Waals surface area contributed by atoms with Gasteiger partial charge in [0.15, 0.2) is 5.78 Å². The van der Waals surface area contributed by atoms with Crippen molar-refractivity contribution in [1.29, 1.82) is 0 Å². The zero-order valence-corrected chi connectivity index (χ0v) is 16.9. The fourth-order valence-corrected chi connectivity index (χ4v) is 4.45. The van der Waals surface area contributed by atoms with Gasteiger partial charge in [-0.3, -0.25) is 14.5 Å². The molecule has 1 N–H and O–H groups in total. The third-order valence-electron chi connectivity index (χ3n) is 5.75. The largest absolute Gasteiger partial charge is 0.469 e. The Bertz CT molecular complexity index is 803. The Hall–Kier alpha value is -2.67. The lowest BCUT2D eigenvalue weighted by atomic mass is 9.79. The number of ether oxygens (including phenoxy) is 2. The van der Waals surface area contributed by atoms with Gasteiger partial charge in [-0.2, -0.15) is 0 Å². The molecular formula is C22H27NO6. The number of nitrogens with zero attached hydrogens (tertiary/aromatic N) is 1. The van der Waals surface area contributed by atoms with Crippen LogP contribution >= 0.6 is 0 Å². The highest BCUT2D eigenvalue weighted by Crippen LogP contribution is 2.39. The quantitative estimate of drug-likeness (QED) is 0.763. The van der Waals surface area contributed by atoms with Gasteiger partial charge < -0.3 is 14.6 Å². The first-order valence-electron chi connectivity index (χ1n) is 9.76. The maximum absolute atomic E-state index is 12.2. The van der Waals surface area contributed by atoms with E-state index in [9.17, 15) is 19.5 Å². The topological polar surface area (TPSA) is 93.1 Å². The molecule has 1 amide bonds. The summed E-state index contributed by atoms with van der Waals surface area (Å²) in [7, 11) is 1.31. The monoisotopic (exact) mass is 401 g/mol. The number of benzene rings is 1. The van der Waals surface area contributed by atoms with Crippen LogP contribution in [0.5, 0.6) is 0 Å². The van der Waals surface area contributed by atoms with Crippen molar-refractivity contribution in [2.75, 3.05) is 7.11 Å². The van der Waals surface area contributed by atoms with Crippen LogP contribution in [0.2, 0.25) is 0 Å². The lowest BCUT2D eigenvalue weighted by Gasteiger charge is -2.31. The zero-order chi connectivity index (χ0) is 21.2. The third-order valence-corrected chi connectivity index (χ3v) is 5.75. The minimum atomic E-state index is -1.04. The summed E-state index contributed by atoms with van der Waals surface area (Å²) in [6.45, 7) is 3.47. The Kier molecular flexibility index (Phi) is 6.07. The van der Waals surface area contributed by atoms with Gasteiger partial charge in [-0.05, 0) is 44.2 Å². The maximum atomic E-state index is 12.2. The number of ketones is 1. The number of hydrogen-bond acceptors (Lipinski definition) is 5. The molecule has 4 atom stereocenters. The summed E-state index contributed by atoms with van der Waals surface area (Å²) in [5, 5.41) is 9.85. The molecule has 0 aromatic heterocycles. The number of methoxy groups -OCH3 is 1. The molecule has 4 unspecified atom stereocenters. The van der Waals surface area contributed by atoms with Crippen LogP contribution in [0.3, 0.4) is 0 Å². The molecular weight excluding hydrogens is 374 g/mol. The third kappa shape index (κ3) is 4.50. The number of esters is 1. The second-order valence-electron chi connectivity index (χ2n) is 8.07. The Labute approximate surface area is 170 Å². The Balaban J connectivity index is 1.88. The van der Waals surface area contributed by atoms with Crippen molar-refractivity contribution >= 4 is 17.8 Å². The van der Waals surface area contributed by atoms with Crippen LogP contribution in [-0.2, 0) is 25.5 Å². The van der Waals surface area contributed by atoms with Gasteiger partial charge in [-0.25, -0.2) is 4.79 Å². The van der Waals surface area contributed by atoms with Crippen molar-refractivity contribution in [3.63, 3.8) is 0 Å². The number of carbonyl (C=O) groups is 3. The first kappa shape index (κ1) is 21.0. The van der Waals surface area contributed by atoms with E-state index in [1.54, 1.807) is 19.9 Å². The van der Waals surface area contributed by atoms with Gasteiger partial charge in [-0.1, -0.05) is 36.4 Å². The Morgan fingerprint density at radius 2 is 1.97 bits per heavy atom. The highest BCUT2D eigenvalue weighted by Gasteiger charge is 2.51. The SMILES string of the molecule is COC(=O)C1CC(=O)C=CC1CC1OC(C)(C)N(C(=O)O)C1Cc1ccccc1. The minimum absolute atomic E-state index is 0.0932. The van der Waals surface area contributed by atoms with E-state index in [1.807, 2.05) is 30.3 Å². The first-order valence-corrected chi connectivity index (χ1v) is 9.76. The number of allylic oxidation sites excluding steroid dienone is 2. The average molecular weight is 401 g/mol. The molecule has 29 heavy (non-hydrogen) atoms.